The van der Waals surface area contributed by atoms with Gasteiger partial charge in [-0.25, -0.2) is 0 Å². The molecule has 1 amide bonds. The van der Waals surface area contributed by atoms with Crippen molar-refractivity contribution >= 4 is 17.2 Å². The van der Waals surface area contributed by atoms with Crippen LogP contribution in [0.5, 0.6) is 0 Å². The largest absolute Gasteiger partial charge is 0.460 e. The molecule has 0 saturated carbocycles. The lowest BCUT2D eigenvalue weighted by Crippen LogP contribution is -2.31. The van der Waals surface area contributed by atoms with Crippen LogP contribution >= 0.6 is 11.3 Å². The molecular weight excluding hydrogens is 312 g/mol. The summed E-state index contributed by atoms with van der Waals surface area (Å²) >= 11 is 1.44. The number of carbonyl (C=O) groups is 1. The summed E-state index contributed by atoms with van der Waals surface area (Å²) in [6, 6.07) is 7.53. The number of H-pyrrole nitrogens is 1. The zero-order valence-electron chi connectivity index (χ0n) is 12.8. The number of amides is 1. The number of carbonyl (C=O) groups excluding carboxylic acids is 1. The van der Waals surface area contributed by atoms with E-state index in [1.54, 1.807) is 6.20 Å². The first kappa shape index (κ1) is 15.5. The predicted molar refractivity (Wildman–Crippen MR) is 89.4 cm³/mol. The molecule has 0 aromatic carbocycles. The van der Waals surface area contributed by atoms with Crippen molar-refractivity contribution in [2.45, 2.75) is 13.5 Å². The van der Waals surface area contributed by atoms with Crippen LogP contribution in [0.4, 0.5) is 0 Å². The van der Waals surface area contributed by atoms with E-state index in [0.29, 0.717) is 19.6 Å². The molecule has 120 valence electrons. The van der Waals surface area contributed by atoms with Crippen LogP contribution in [0.25, 0.3) is 11.5 Å². The highest BCUT2D eigenvalue weighted by atomic mass is 32.1. The third-order valence-electron chi connectivity index (χ3n) is 3.35. The number of aromatic amines is 1. The van der Waals surface area contributed by atoms with Crippen LogP contribution in [0.2, 0.25) is 0 Å². The van der Waals surface area contributed by atoms with Crippen molar-refractivity contribution in [1.29, 1.82) is 0 Å². The van der Waals surface area contributed by atoms with Gasteiger partial charge in [0.2, 0.25) is 0 Å². The highest BCUT2D eigenvalue weighted by Crippen LogP contribution is 2.23. The summed E-state index contributed by atoms with van der Waals surface area (Å²) in [5.41, 5.74) is 1.91. The summed E-state index contributed by atoms with van der Waals surface area (Å²) in [6.07, 6.45) is 1.78. The third-order valence-corrected chi connectivity index (χ3v) is 4.22. The minimum atomic E-state index is -0.0307. The Labute approximate surface area is 137 Å². The van der Waals surface area contributed by atoms with Gasteiger partial charge in [-0.3, -0.25) is 9.89 Å². The number of furan rings is 1. The van der Waals surface area contributed by atoms with E-state index < -0.39 is 0 Å². The highest BCUT2D eigenvalue weighted by molar-refractivity contribution is 7.12. The lowest BCUT2D eigenvalue weighted by Gasteiger charge is -2.06. The molecule has 0 fully saturated rings. The van der Waals surface area contributed by atoms with E-state index in [2.05, 4.69) is 20.8 Å². The lowest BCUT2D eigenvalue weighted by atomic mass is 10.2. The second kappa shape index (κ2) is 7.26. The molecule has 7 heteroatoms. The van der Waals surface area contributed by atoms with Crippen LogP contribution in [0.3, 0.4) is 0 Å². The van der Waals surface area contributed by atoms with Crippen molar-refractivity contribution in [3.8, 4) is 11.5 Å². The Morgan fingerprint density at radius 2 is 2.26 bits per heavy atom. The van der Waals surface area contributed by atoms with Gasteiger partial charge >= 0.3 is 0 Å². The van der Waals surface area contributed by atoms with E-state index >= 15 is 0 Å². The first-order valence-corrected chi connectivity index (χ1v) is 8.23. The molecule has 3 rings (SSSR count). The number of aryl methyl sites for hydroxylation is 1. The van der Waals surface area contributed by atoms with Crippen LogP contribution in [0, 0.1) is 6.92 Å². The van der Waals surface area contributed by atoms with E-state index in [4.69, 9.17) is 4.42 Å². The summed E-state index contributed by atoms with van der Waals surface area (Å²) in [5, 5.41) is 15.1. The van der Waals surface area contributed by atoms with Crippen LogP contribution in [0.1, 0.15) is 21.0 Å². The van der Waals surface area contributed by atoms with E-state index in [-0.39, 0.29) is 5.91 Å². The van der Waals surface area contributed by atoms with Gasteiger partial charge < -0.3 is 15.1 Å². The SMILES string of the molecule is Cc1ccc(-c2[nH]ncc2CNCCNC(=O)c2cccs2)o1. The molecule has 0 aliphatic rings. The average molecular weight is 330 g/mol. The molecule has 0 atom stereocenters. The zero-order valence-corrected chi connectivity index (χ0v) is 13.6. The number of thiophene rings is 1. The molecule has 3 heterocycles. The van der Waals surface area contributed by atoms with Crippen molar-refractivity contribution in [3.05, 3.63) is 52.0 Å². The van der Waals surface area contributed by atoms with Gasteiger partial charge in [0.15, 0.2) is 5.76 Å². The fourth-order valence-electron chi connectivity index (χ4n) is 2.21. The standard InChI is InChI=1S/C16H18N4O2S/c1-11-4-5-13(22-11)15-12(10-19-20-15)9-17-6-7-18-16(21)14-3-2-8-23-14/h2-5,8,10,17H,6-7,9H2,1H3,(H,18,21)(H,19,20). The topological polar surface area (TPSA) is 83.0 Å². The summed E-state index contributed by atoms with van der Waals surface area (Å²) in [5.74, 6) is 1.62. The maximum Gasteiger partial charge on any atom is 0.261 e. The van der Waals surface area contributed by atoms with E-state index in [1.165, 1.54) is 11.3 Å². The van der Waals surface area contributed by atoms with Gasteiger partial charge in [0.05, 0.1) is 11.1 Å². The Morgan fingerprint density at radius 1 is 1.35 bits per heavy atom. The molecule has 0 spiro atoms. The number of nitrogens with one attached hydrogen (secondary N) is 3. The predicted octanol–water partition coefficient (Wildman–Crippen LogP) is 2.56. The maximum atomic E-state index is 11.8. The average Bonchev–Trinajstić information content (AvgIpc) is 3.27. The van der Waals surface area contributed by atoms with Crippen LogP contribution < -0.4 is 10.6 Å². The van der Waals surface area contributed by atoms with Crippen molar-refractivity contribution < 1.29 is 9.21 Å². The number of hydrogen-bond donors (Lipinski definition) is 3. The Kier molecular flexibility index (Phi) is 4.89. The second-order valence-electron chi connectivity index (χ2n) is 5.09. The van der Waals surface area contributed by atoms with E-state index in [0.717, 1.165) is 27.7 Å². The molecular formula is C16H18N4O2S. The molecule has 3 aromatic rings. The molecule has 0 bridgehead atoms. The first-order valence-electron chi connectivity index (χ1n) is 7.35. The van der Waals surface area contributed by atoms with E-state index in [1.807, 2.05) is 36.6 Å². The summed E-state index contributed by atoms with van der Waals surface area (Å²) in [4.78, 5) is 12.5. The third kappa shape index (κ3) is 3.88. The van der Waals surface area contributed by atoms with Gasteiger partial charge in [-0.15, -0.1) is 11.3 Å². The summed E-state index contributed by atoms with van der Waals surface area (Å²) in [6.45, 7) is 3.82. The van der Waals surface area contributed by atoms with Gasteiger partial charge in [-0.1, -0.05) is 6.07 Å². The number of hydrogen-bond acceptors (Lipinski definition) is 5. The Balaban J connectivity index is 1.45. The Bertz CT molecular complexity index is 761. The molecule has 0 aliphatic heterocycles. The van der Waals surface area contributed by atoms with Gasteiger partial charge in [0, 0.05) is 25.2 Å². The zero-order chi connectivity index (χ0) is 16.1. The Morgan fingerprint density at radius 3 is 3.00 bits per heavy atom. The van der Waals surface area contributed by atoms with Gasteiger partial charge in [-0.2, -0.15) is 5.10 Å². The number of nitrogens with zero attached hydrogens (tertiary/aromatic N) is 1. The molecule has 0 saturated heterocycles. The monoisotopic (exact) mass is 330 g/mol. The van der Waals surface area contributed by atoms with Crippen LogP contribution in [0.15, 0.2) is 40.3 Å². The lowest BCUT2D eigenvalue weighted by molar-refractivity contribution is 0.0958. The number of aromatic nitrogens is 2. The normalized spacial score (nSPS) is 10.8. The second-order valence-corrected chi connectivity index (χ2v) is 6.04. The fourth-order valence-corrected chi connectivity index (χ4v) is 2.85. The Hall–Kier alpha value is -2.38. The van der Waals surface area contributed by atoms with Crippen molar-refractivity contribution in [2.75, 3.05) is 13.1 Å². The van der Waals surface area contributed by atoms with E-state index in [9.17, 15) is 4.79 Å². The smallest absolute Gasteiger partial charge is 0.261 e. The fraction of sp³-hybridized carbons (Fsp3) is 0.250. The summed E-state index contributed by atoms with van der Waals surface area (Å²) in [7, 11) is 0. The molecule has 0 unspecified atom stereocenters. The summed E-state index contributed by atoms with van der Waals surface area (Å²) < 4.78 is 5.61. The molecule has 3 N–H and O–H groups in total. The van der Waals surface area contributed by atoms with Crippen molar-refractivity contribution in [1.82, 2.24) is 20.8 Å². The molecule has 3 aromatic heterocycles. The molecule has 0 aliphatic carbocycles. The minimum Gasteiger partial charge on any atom is -0.460 e. The highest BCUT2D eigenvalue weighted by Gasteiger charge is 2.11. The minimum absolute atomic E-state index is 0.0307. The molecule has 23 heavy (non-hydrogen) atoms. The van der Waals surface area contributed by atoms with Crippen molar-refractivity contribution in [2.24, 2.45) is 0 Å². The first-order chi connectivity index (χ1) is 11.2. The molecule has 0 radical (unpaired) electrons. The van der Waals surface area contributed by atoms with Crippen molar-refractivity contribution in [3.63, 3.8) is 0 Å². The van der Waals surface area contributed by atoms with Gasteiger partial charge in [0.1, 0.15) is 11.5 Å². The van der Waals surface area contributed by atoms with Crippen LogP contribution in [-0.4, -0.2) is 29.2 Å². The number of rotatable bonds is 7. The maximum absolute atomic E-state index is 11.8. The van der Waals surface area contributed by atoms with Gasteiger partial charge in [-0.05, 0) is 30.5 Å². The van der Waals surface area contributed by atoms with Crippen LogP contribution in [-0.2, 0) is 6.54 Å². The van der Waals surface area contributed by atoms with Gasteiger partial charge in [0.25, 0.3) is 5.91 Å². The quantitative estimate of drug-likeness (QED) is 0.581. The molecule has 6 nitrogen and oxygen atoms in total.